The molecule has 0 radical (unpaired) electrons. The van der Waals surface area contributed by atoms with Crippen molar-refractivity contribution in [2.75, 3.05) is 13.2 Å². The fourth-order valence-corrected chi connectivity index (χ4v) is 4.58. The molecule has 1 aliphatic rings. The van der Waals surface area contributed by atoms with Gasteiger partial charge in [-0.15, -0.1) is 0 Å². The van der Waals surface area contributed by atoms with Crippen molar-refractivity contribution in [1.29, 1.82) is 0 Å². The van der Waals surface area contributed by atoms with Crippen LogP contribution >= 0.6 is 0 Å². The van der Waals surface area contributed by atoms with E-state index in [0.717, 1.165) is 40.1 Å². The number of aryl methyl sites for hydroxylation is 1. The topological polar surface area (TPSA) is 45.3 Å². The van der Waals surface area contributed by atoms with E-state index in [0.29, 0.717) is 13.2 Å². The highest BCUT2D eigenvalue weighted by atomic mass is 16.5. The Balaban J connectivity index is 1.61. The van der Waals surface area contributed by atoms with Gasteiger partial charge in [0, 0.05) is 28.7 Å². The van der Waals surface area contributed by atoms with Crippen LogP contribution in [0, 0.1) is 6.92 Å². The Bertz CT molecular complexity index is 1220. The molecule has 0 unspecified atom stereocenters. The van der Waals surface area contributed by atoms with Gasteiger partial charge in [-0.25, -0.2) is 0 Å². The van der Waals surface area contributed by atoms with Crippen LogP contribution in [0.15, 0.2) is 72.8 Å². The van der Waals surface area contributed by atoms with Crippen LogP contribution in [-0.4, -0.2) is 28.9 Å². The van der Waals surface area contributed by atoms with Gasteiger partial charge in [0.15, 0.2) is 0 Å². The Morgan fingerprint density at radius 2 is 1.77 bits per heavy atom. The molecule has 1 atom stereocenters. The number of fused-ring (bicyclic) bond motifs is 3. The number of para-hydroxylation sites is 1. The molecule has 4 nitrogen and oxygen atoms in total. The van der Waals surface area contributed by atoms with Crippen LogP contribution in [0.1, 0.15) is 45.7 Å². The molecule has 0 spiro atoms. The molecule has 0 fully saturated rings. The lowest BCUT2D eigenvalue weighted by Crippen LogP contribution is -2.40. The first kappa shape index (κ1) is 19.4. The summed E-state index contributed by atoms with van der Waals surface area (Å²) in [6.07, 6.45) is 0.838. The first-order valence-electron chi connectivity index (χ1n) is 10.9. The van der Waals surface area contributed by atoms with Gasteiger partial charge in [0.25, 0.3) is 5.91 Å². The van der Waals surface area contributed by atoms with Crippen molar-refractivity contribution in [2.24, 2.45) is 0 Å². The molecule has 156 valence electrons. The summed E-state index contributed by atoms with van der Waals surface area (Å²) in [5.41, 5.74) is 6.49. The minimum Gasteiger partial charge on any atom is -0.494 e. The van der Waals surface area contributed by atoms with Crippen molar-refractivity contribution >= 4 is 16.8 Å². The summed E-state index contributed by atoms with van der Waals surface area (Å²) in [6.45, 7) is 5.33. The van der Waals surface area contributed by atoms with Crippen LogP contribution in [0.4, 0.5) is 0 Å². The molecule has 0 aliphatic carbocycles. The summed E-state index contributed by atoms with van der Waals surface area (Å²) in [5.74, 6) is 0.901. The maximum atomic E-state index is 13.6. The lowest BCUT2D eigenvalue weighted by molar-refractivity contribution is 0.0692. The molecule has 31 heavy (non-hydrogen) atoms. The molecule has 1 N–H and O–H groups in total. The van der Waals surface area contributed by atoms with Gasteiger partial charge in [-0.05, 0) is 61.7 Å². The smallest absolute Gasteiger partial charge is 0.254 e. The van der Waals surface area contributed by atoms with Crippen LogP contribution < -0.4 is 4.74 Å². The van der Waals surface area contributed by atoms with Crippen LogP contribution in [0.25, 0.3) is 10.9 Å². The summed E-state index contributed by atoms with van der Waals surface area (Å²) in [7, 11) is 0. The Morgan fingerprint density at radius 1 is 1.03 bits per heavy atom. The molecule has 4 heteroatoms. The Labute approximate surface area is 182 Å². The third-order valence-electron chi connectivity index (χ3n) is 6.10. The van der Waals surface area contributed by atoms with E-state index in [-0.39, 0.29) is 11.9 Å². The van der Waals surface area contributed by atoms with Crippen molar-refractivity contribution in [3.8, 4) is 5.75 Å². The third-order valence-corrected chi connectivity index (χ3v) is 6.10. The lowest BCUT2D eigenvalue weighted by atomic mass is 9.91. The number of hydrogen-bond acceptors (Lipinski definition) is 2. The third kappa shape index (κ3) is 3.48. The lowest BCUT2D eigenvalue weighted by Gasteiger charge is -2.36. The van der Waals surface area contributed by atoms with Gasteiger partial charge in [-0.1, -0.05) is 48.0 Å². The largest absolute Gasteiger partial charge is 0.494 e. The Morgan fingerprint density at radius 3 is 2.52 bits per heavy atom. The zero-order chi connectivity index (χ0) is 21.4. The minimum absolute atomic E-state index is 0.0585. The van der Waals surface area contributed by atoms with E-state index in [1.165, 1.54) is 10.9 Å². The number of H-pyrrole nitrogens is 1. The number of carbonyl (C=O) groups excluding carboxylic acids is 1. The van der Waals surface area contributed by atoms with E-state index in [1.54, 1.807) is 0 Å². The molecule has 4 aromatic rings. The van der Waals surface area contributed by atoms with Crippen LogP contribution in [0.2, 0.25) is 0 Å². The zero-order valence-corrected chi connectivity index (χ0v) is 17.9. The summed E-state index contributed by atoms with van der Waals surface area (Å²) >= 11 is 0. The van der Waals surface area contributed by atoms with E-state index < -0.39 is 0 Å². The van der Waals surface area contributed by atoms with Gasteiger partial charge in [0.2, 0.25) is 0 Å². The minimum atomic E-state index is -0.166. The number of aromatic amines is 1. The first-order valence-corrected chi connectivity index (χ1v) is 10.9. The predicted octanol–water partition coefficient (Wildman–Crippen LogP) is 5.66. The molecule has 5 rings (SSSR count). The molecule has 3 aromatic carbocycles. The maximum absolute atomic E-state index is 13.6. The van der Waals surface area contributed by atoms with Gasteiger partial charge in [0.05, 0.1) is 12.6 Å². The molecule has 1 aliphatic heterocycles. The second-order valence-electron chi connectivity index (χ2n) is 8.08. The van der Waals surface area contributed by atoms with Gasteiger partial charge in [0.1, 0.15) is 5.75 Å². The monoisotopic (exact) mass is 410 g/mol. The normalized spacial score (nSPS) is 15.7. The molecular formula is C27H26N2O2. The highest BCUT2D eigenvalue weighted by Gasteiger charge is 2.34. The van der Waals surface area contributed by atoms with Crippen LogP contribution in [-0.2, 0) is 6.42 Å². The summed E-state index contributed by atoms with van der Waals surface area (Å²) < 4.78 is 5.63. The number of ether oxygens (including phenoxy) is 1. The van der Waals surface area contributed by atoms with E-state index in [9.17, 15) is 4.79 Å². The number of benzene rings is 3. The van der Waals surface area contributed by atoms with E-state index in [4.69, 9.17) is 4.74 Å². The number of aromatic nitrogens is 1. The molecule has 0 saturated heterocycles. The fourth-order valence-electron chi connectivity index (χ4n) is 4.58. The number of rotatable bonds is 4. The SMILES string of the molecule is CCOc1ccc([C@@H]2c3[nH]c4ccccc4c3CCN2C(=O)c2ccc(C)cc2)cc1. The van der Waals surface area contributed by atoms with E-state index in [2.05, 4.69) is 35.3 Å². The second-order valence-corrected chi connectivity index (χ2v) is 8.08. The molecule has 0 saturated carbocycles. The molecular weight excluding hydrogens is 384 g/mol. The average Bonchev–Trinajstić information content (AvgIpc) is 3.18. The number of amides is 1. The van der Waals surface area contributed by atoms with Gasteiger partial charge >= 0.3 is 0 Å². The zero-order valence-electron chi connectivity index (χ0n) is 17.9. The number of hydrogen-bond donors (Lipinski definition) is 1. The molecule has 2 heterocycles. The highest BCUT2D eigenvalue weighted by molar-refractivity contribution is 5.95. The summed E-state index contributed by atoms with van der Waals surface area (Å²) in [6, 6.07) is 24.2. The maximum Gasteiger partial charge on any atom is 0.254 e. The van der Waals surface area contributed by atoms with Crippen molar-refractivity contribution in [3.63, 3.8) is 0 Å². The average molecular weight is 411 g/mol. The van der Waals surface area contributed by atoms with Gasteiger partial charge in [-0.2, -0.15) is 0 Å². The number of nitrogens with one attached hydrogen (secondary N) is 1. The first-order chi connectivity index (χ1) is 15.2. The summed E-state index contributed by atoms with van der Waals surface area (Å²) in [5, 5.41) is 1.25. The van der Waals surface area contributed by atoms with E-state index in [1.807, 2.05) is 61.2 Å². The van der Waals surface area contributed by atoms with Crippen molar-refractivity contribution in [2.45, 2.75) is 26.3 Å². The van der Waals surface area contributed by atoms with Crippen LogP contribution in [0.5, 0.6) is 5.75 Å². The molecule has 1 amide bonds. The second kappa shape index (κ2) is 7.95. The quantitative estimate of drug-likeness (QED) is 0.472. The Hall–Kier alpha value is -3.53. The van der Waals surface area contributed by atoms with Crippen LogP contribution in [0.3, 0.4) is 0 Å². The van der Waals surface area contributed by atoms with Gasteiger partial charge in [-0.3, -0.25) is 4.79 Å². The molecule has 1 aromatic heterocycles. The number of carbonyl (C=O) groups is 1. The van der Waals surface area contributed by atoms with Crippen molar-refractivity contribution in [1.82, 2.24) is 9.88 Å². The fraction of sp³-hybridized carbons (Fsp3) is 0.222. The summed E-state index contributed by atoms with van der Waals surface area (Å²) in [4.78, 5) is 19.2. The Kier molecular flexibility index (Phi) is 4.99. The standard InChI is InChI=1S/C27H26N2O2/c1-3-31-21-14-12-19(13-15-21)26-25-23(22-6-4-5-7-24(22)28-25)16-17-29(26)27(30)20-10-8-18(2)9-11-20/h4-15,26,28H,3,16-17H2,1-2H3/t26-/m1/s1. The predicted molar refractivity (Wildman–Crippen MR) is 124 cm³/mol. The van der Waals surface area contributed by atoms with E-state index >= 15 is 0 Å². The van der Waals surface area contributed by atoms with Gasteiger partial charge < -0.3 is 14.6 Å². The van der Waals surface area contributed by atoms with Crippen molar-refractivity contribution in [3.05, 3.63) is 101 Å². The molecule has 0 bridgehead atoms. The number of nitrogens with zero attached hydrogens (tertiary/aromatic N) is 1. The van der Waals surface area contributed by atoms with Crippen molar-refractivity contribution < 1.29 is 9.53 Å². The highest BCUT2D eigenvalue weighted by Crippen LogP contribution is 2.39.